The summed E-state index contributed by atoms with van der Waals surface area (Å²) in [5.74, 6) is -1.83. The zero-order valence-electron chi connectivity index (χ0n) is 12.6. The SMILES string of the molecule is C[C@@H](C(=O)Nc1ccc(Cl)cc1O)N1C(=O)c2ccccc2C1=O. The Hall–Kier alpha value is -2.86. The van der Waals surface area contributed by atoms with Gasteiger partial charge in [-0.1, -0.05) is 23.7 Å². The van der Waals surface area contributed by atoms with E-state index in [0.29, 0.717) is 5.02 Å². The molecule has 0 saturated heterocycles. The van der Waals surface area contributed by atoms with Crippen molar-refractivity contribution >= 4 is 35.0 Å². The number of aromatic hydroxyl groups is 1. The minimum atomic E-state index is -1.03. The lowest BCUT2D eigenvalue weighted by Gasteiger charge is -2.22. The number of amides is 3. The summed E-state index contributed by atoms with van der Waals surface area (Å²) in [6.07, 6.45) is 0. The Labute approximate surface area is 142 Å². The molecule has 1 atom stereocenters. The van der Waals surface area contributed by atoms with Gasteiger partial charge in [-0.2, -0.15) is 0 Å². The fraction of sp³-hybridized carbons (Fsp3) is 0.118. The lowest BCUT2D eigenvalue weighted by Crippen LogP contribution is -2.45. The Morgan fingerprint density at radius 2 is 1.71 bits per heavy atom. The van der Waals surface area contributed by atoms with Crippen LogP contribution < -0.4 is 5.32 Å². The molecule has 1 aliphatic rings. The van der Waals surface area contributed by atoms with Crippen LogP contribution in [0.25, 0.3) is 0 Å². The number of benzene rings is 2. The molecule has 122 valence electrons. The first-order valence-electron chi connectivity index (χ1n) is 7.16. The van der Waals surface area contributed by atoms with Crippen LogP contribution in [0.15, 0.2) is 42.5 Å². The van der Waals surface area contributed by atoms with E-state index in [9.17, 15) is 19.5 Å². The third kappa shape index (κ3) is 2.61. The number of anilines is 1. The average molecular weight is 345 g/mol. The molecule has 7 heteroatoms. The molecule has 0 spiro atoms. The molecule has 0 fully saturated rings. The molecule has 1 aliphatic heterocycles. The summed E-state index contributed by atoms with van der Waals surface area (Å²) in [4.78, 5) is 38.0. The van der Waals surface area contributed by atoms with Gasteiger partial charge in [0.15, 0.2) is 0 Å². The lowest BCUT2D eigenvalue weighted by atomic mass is 10.1. The minimum absolute atomic E-state index is 0.146. The zero-order chi connectivity index (χ0) is 17.4. The number of fused-ring (bicyclic) bond motifs is 1. The van der Waals surface area contributed by atoms with Gasteiger partial charge in [0.1, 0.15) is 11.8 Å². The van der Waals surface area contributed by atoms with Crippen LogP contribution in [0, 0.1) is 0 Å². The van der Waals surface area contributed by atoms with E-state index in [1.807, 2.05) is 0 Å². The molecule has 0 saturated carbocycles. The van der Waals surface area contributed by atoms with Crippen molar-refractivity contribution in [3.8, 4) is 5.75 Å². The highest BCUT2D eigenvalue weighted by molar-refractivity contribution is 6.30. The van der Waals surface area contributed by atoms with Gasteiger partial charge in [-0.15, -0.1) is 0 Å². The predicted molar refractivity (Wildman–Crippen MR) is 88.2 cm³/mol. The van der Waals surface area contributed by atoms with E-state index in [-0.39, 0.29) is 22.6 Å². The van der Waals surface area contributed by atoms with E-state index in [0.717, 1.165) is 4.90 Å². The summed E-state index contributed by atoms with van der Waals surface area (Å²) < 4.78 is 0. The van der Waals surface area contributed by atoms with Crippen molar-refractivity contribution in [2.75, 3.05) is 5.32 Å². The van der Waals surface area contributed by atoms with E-state index in [4.69, 9.17) is 11.6 Å². The van der Waals surface area contributed by atoms with Crippen molar-refractivity contribution in [3.05, 3.63) is 58.6 Å². The molecule has 3 rings (SSSR count). The van der Waals surface area contributed by atoms with Crippen LogP contribution in [0.3, 0.4) is 0 Å². The summed E-state index contributed by atoms with van der Waals surface area (Å²) in [5, 5.41) is 12.6. The first-order valence-corrected chi connectivity index (χ1v) is 7.54. The molecule has 0 aromatic heterocycles. The summed E-state index contributed by atoms with van der Waals surface area (Å²) in [6, 6.07) is 9.59. The highest BCUT2D eigenvalue weighted by Crippen LogP contribution is 2.28. The molecule has 2 aromatic carbocycles. The molecular weight excluding hydrogens is 332 g/mol. The van der Waals surface area contributed by atoms with Crippen LogP contribution in [-0.4, -0.2) is 33.8 Å². The molecular formula is C17H13ClN2O4. The molecule has 2 aromatic rings. The maximum absolute atomic E-state index is 12.4. The topological polar surface area (TPSA) is 86.7 Å². The van der Waals surface area contributed by atoms with Gasteiger partial charge in [0.25, 0.3) is 11.8 Å². The highest BCUT2D eigenvalue weighted by atomic mass is 35.5. The quantitative estimate of drug-likeness (QED) is 0.662. The second kappa shape index (κ2) is 5.98. The van der Waals surface area contributed by atoms with Crippen molar-refractivity contribution in [1.82, 2.24) is 4.90 Å². The normalized spacial score (nSPS) is 14.5. The van der Waals surface area contributed by atoms with Crippen LogP contribution >= 0.6 is 11.6 Å². The summed E-state index contributed by atoms with van der Waals surface area (Å²) >= 11 is 5.74. The Bertz CT molecular complexity index is 830. The average Bonchev–Trinajstić information content (AvgIpc) is 2.81. The summed E-state index contributed by atoms with van der Waals surface area (Å²) in [5.41, 5.74) is 0.695. The molecule has 6 nitrogen and oxygen atoms in total. The third-order valence-corrected chi connectivity index (χ3v) is 4.04. The Morgan fingerprint density at radius 1 is 1.12 bits per heavy atom. The number of nitrogens with zero attached hydrogens (tertiary/aromatic N) is 1. The molecule has 24 heavy (non-hydrogen) atoms. The van der Waals surface area contributed by atoms with E-state index < -0.39 is 23.8 Å². The molecule has 1 heterocycles. The van der Waals surface area contributed by atoms with Gasteiger partial charge in [-0.05, 0) is 31.2 Å². The number of rotatable bonds is 3. The van der Waals surface area contributed by atoms with Gasteiger partial charge in [0.2, 0.25) is 5.91 Å². The van der Waals surface area contributed by atoms with Gasteiger partial charge in [0, 0.05) is 11.1 Å². The summed E-state index contributed by atoms with van der Waals surface area (Å²) in [7, 11) is 0. The number of nitrogens with one attached hydrogen (secondary N) is 1. The van der Waals surface area contributed by atoms with E-state index >= 15 is 0 Å². The van der Waals surface area contributed by atoms with Crippen LogP contribution in [0.4, 0.5) is 5.69 Å². The van der Waals surface area contributed by atoms with Crippen molar-refractivity contribution in [1.29, 1.82) is 0 Å². The van der Waals surface area contributed by atoms with E-state index in [1.54, 1.807) is 24.3 Å². The summed E-state index contributed by atoms with van der Waals surface area (Å²) in [6.45, 7) is 1.45. The van der Waals surface area contributed by atoms with E-state index in [1.165, 1.54) is 25.1 Å². The van der Waals surface area contributed by atoms with Crippen molar-refractivity contribution in [2.45, 2.75) is 13.0 Å². The fourth-order valence-electron chi connectivity index (χ4n) is 2.52. The molecule has 2 N–H and O–H groups in total. The third-order valence-electron chi connectivity index (χ3n) is 3.81. The first-order chi connectivity index (χ1) is 11.4. The number of carbonyl (C=O) groups excluding carboxylic acids is 3. The largest absolute Gasteiger partial charge is 0.506 e. The second-order valence-corrected chi connectivity index (χ2v) is 5.79. The second-order valence-electron chi connectivity index (χ2n) is 5.35. The Balaban J connectivity index is 1.82. The molecule has 0 unspecified atom stereocenters. The zero-order valence-corrected chi connectivity index (χ0v) is 13.4. The highest BCUT2D eigenvalue weighted by Gasteiger charge is 2.40. The number of imide groups is 1. The van der Waals surface area contributed by atoms with Crippen LogP contribution in [-0.2, 0) is 4.79 Å². The van der Waals surface area contributed by atoms with Crippen molar-refractivity contribution < 1.29 is 19.5 Å². The van der Waals surface area contributed by atoms with Crippen molar-refractivity contribution in [2.24, 2.45) is 0 Å². The maximum atomic E-state index is 12.4. The van der Waals surface area contributed by atoms with Gasteiger partial charge >= 0.3 is 0 Å². The number of hydrogen-bond donors (Lipinski definition) is 2. The standard InChI is InChI=1S/C17H13ClN2O4/c1-9(15(22)19-13-7-6-10(18)8-14(13)21)20-16(23)11-4-2-3-5-12(11)17(20)24/h2-9,21H,1H3,(H,19,22)/t9-/m0/s1. The number of hydrogen-bond acceptors (Lipinski definition) is 4. The van der Waals surface area contributed by atoms with Crippen LogP contribution in [0.1, 0.15) is 27.6 Å². The number of phenols is 1. The van der Waals surface area contributed by atoms with Gasteiger partial charge in [-0.3, -0.25) is 19.3 Å². The smallest absolute Gasteiger partial charge is 0.262 e. The number of carbonyl (C=O) groups is 3. The number of halogens is 1. The molecule has 0 bridgehead atoms. The number of phenolic OH excluding ortho intramolecular Hbond substituents is 1. The Kier molecular flexibility index (Phi) is 3.99. The van der Waals surface area contributed by atoms with Crippen molar-refractivity contribution in [3.63, 3.8) is 0 Å². The van der Waals surface area contributed by atoms with Gasteiger partial charge < -0.3 is 10.4 Å². The first kappa shape index (κ1) is 16.0. The predicted octanol–water partition coefficient (Wildman–Crippen LogP) is 2.67. The van der Waals surface area contributed by atoms with Crippen LogP contribution in [0.2, 0.25) is 5.02 Å². The minimum Gasteiger partial charge on any atom is -0.506 e. The lowest BCUT2D eigenvalue weighted by molar-refractivity contribution is -0.119. The van der Waals surface area contributed by atoms with Crippen LogP contribution in [0.5, 0.6) is 5.75 Å². The fourth-order valence-corrected chi connectivity index (χ4v) is 2.69. The molecule has 0 aliphatic carbocycles. The maximum Gasteiger partial charge on any atom is 0.262 e. The molecule has 3 amide bonds. The molecule has 0 radical (unpaired) electrons. The monoisotopic (exact) mass is 344 g/mol. The van der Waals surface area contributed by atoms with Gasteiger partial charge in [-0.25, -0.2) is 0 Å². The van der Waals surface area contributed by atoms with Gasteiger partial charge in [0.05, 0.1) is 16.8 Å². The Morgan fingerprint density at radius 3 is 2.25 bits per heavy atom. The van der Waals surface area contributed by atoms with E-state index in [2.05, 4.69) is 5.32 Å².